The maximum absolute atomic E-state index is 12.1. The van der Waals surface area contributed by atoms with Gasteiger partial charge in [-0.25, -0.2) is 9.78 Å². The monoisotopic (exact) mass is 284 g/mol. The van der Waals surface area contributed by atoms with Gasteiger partial charge in [0.15, 0.2) is 6.61 Å². The Bertz CT molecular complexity index is 685. The quantitative estimate of drug-likeness (QED) is 0.869. The lowest BCUT2D eigenvalue weighted by Gasteiger charge is -2.18. The molecule has 2 heterocycles. The highest BCUT2D eigenvalue weighted by Gasteiger charge is 2.24. The van der Waals surface area contributed by atoms with Crippen LogP contribution in [0, 0.1) is 0 Å². The van der Waals surface area contributed by atoms with Crippen molar-refractivity contribution >= 4 is 17.6 Å². The molecular weight excluding hydrogens is 272 g/mol. The van der Waals surface area contributed by atoms with Gasteiger partial charge in [-0.1, -0.05) is 30.3 Å². The minimum absolute atomic E-state index is 0.109. The maximum Gasteiger partial charge on any atom is 0.340 e. The first-order chi connectivity index (χ1) is 10.2. The van der Waals surface area contributed by atoms with E-state index in [4.69, 9.17) is 9.47 Å². The minimum atomic E-state index is -0.539. The Morgan fingerprint density at radius 3 is 2.90 bits per heavy atom. The Morgan fingerprint density at radius 2 is 2.10 bits per heavy atom. The van der Waals surface area contributed by atoms with Crippen molar-refractivity contribution in [3.8, 4) is 5.88 Å². The molecule has 21 heavy (non-hydrogen) atoms. The summed E-state index contributed by atoms with van der Waals surface area (Å²) in [4.78, 5) is 27.5. The summed E-state index contributed by atoms with van der Waals surface area (Å²) in [6, 6.07) is 10.8. The lowest BCUT2D eigenvalue weighted by molar-refractivity contribution is -0.118. The molecule has 1 N–H and O–H groups in total. The number of hydrogen-bond acceptors (Lipinski definition) is 5. The number of rotatable bonds is 3. The van der Waals surface area contributed by atoms with E-state index in [-0.39, 0.29) is 36.3 Å². The van der Waals surface area contributed by atoms with Gasteiger partial charge in [0.05, 0.1) is 5.56 Å². The smallest absolute Gasteiger partial charge is 0.340 e. The van der Waals surface area contributed by atoms with Crippen LogP contribution in [0.15, 0.2) is 42.6 Å². The Hall–Kier alpha value is -2.89. The van der Waals surface area contributed by atoms with Crippen LogP contribution in [-0.4, -0.2) is 23.5 Å². The molecule has 0 fully saturated rings. The van der Waals surface area contributed by atoms with E-state index in [9.17, 15) is 9.59 Å². The van der Waals surface area contributed by atoms with Crippen molar-refractivity contribution in [2.24, 2.45) is 0 Å². The molecule has 1 aromatic carbocycles. The molecule has 1 aliphatic heterocycles. The van der Waals surface area contributed by atoms with E-state index in [0.717, 1.165) is 5.56 Å². The van der Waals surface area contributed by atoms with Crippen molar-refractivity contribution in [1.82, 2.24) is 4.98 Å². The summed E-state index contributed by atoms with van der Waals surface area (Å²) in [6.45, 7) is 0.0497. The van der Waals surface area contributed by atoms with Crippen LogP contribution in [0.1, 0.15) is 15.9 Å². The van der Waals surface area contributed by atoms with Crippen LogP contribution in [-0.2, 0) is 16.1 Å². The zero-order valence-electron chi connectivity index (χ0n) is 11.0. The molecule has 1 aromatic heterocycles. The number of fused-ring (bicyclic) bond motifs is 1. The average molecular weight is 284 g/mol. The highest BCUT2D eigenvalue weighted by molar-refractivity contribution is 6.04. The molecule has 0 radical (unpaired) electrons. The summed E-state index contributed by atoms with van der Waals surface area (Å²) in [6.07, 6.45) is 1.44. The molecule has 0 spiro atoms. The fourth-order valence-corrected chi connectivity index (χ4v) is 1.95. The lowest BCUT2D eigenvalue weighted by Crippen LogP contribution is -2.27. The first-order valence-electron chi connectivity index (χ1n) is 6.37. The van der Waals surface area contributed by atoms with Crippen molar-refractivity contribution in [1.29, 1.82) is 0 Å². The highest BCUT2D eigenvalue weighted by atomic mass is 16.5. The number of benzene rings is 1. The molecule has 3 rings (SSSR count). The zero-order valence-corrected chi connectivity index (χ0v) is 11.0. The maximum atomic E-state index is 12.1. The van der Waals surface area contributed by atoms with Gasteiger partial charge in [-0.3, -0.25) is 4.79 Å². The Morgan fingerprint density at radius 1 is 1.29 bits per heavy atom. The normalized spacial score (nSPS) is 12.9. The predicted molar refractivity (Wildman–Crippen MR) is 73.9 cm³/mol. The van der Waals surface area contributed by atoms with Crippen LogP contribution < -0.4 is 10.1 Å². The molecule has 1 aliphatic rings. The van der Waals surface area contributed by atoms with Crippen LogP contribution >= 0.6 is 0 Å². The second kappa shape index (κ2) is 5.62. The number of pyridine rings is 1. The van der Waals surface area contributed by atoms with E-state index < -0.39 is 5.97 Å². The number of esters is 1. The van der Waals surface area contributed by atoms with Gasteiger partial charge in [0, 0.05) is 6.20 Å². The molecule has 2 aromatic rings. The summed E-state index contributed by atoms with van der Waals surface area (Å²) < 4.78 is 10.4. The number of anilines is 1. The van der Waals surface area contributed by atoms with Gasteiger partial charge in [-0.15, -0.1) is 0 Å². The van der Waals surface area contributed by atoms with Crippen molar-refractivity contribution < 1.29 is 19.1 Å². The summed E-state index contributed by atoms with van der Waals surface area (Å²) in [7, 11) is 0. The first-order valence-corrected chi connectivity index (χ1v) is 6.37. The van der Waals surface area contributed by atoms with Crippen LogP contribution in [0.2, 0.25) is 0 Å². The Kier molecular flexibility index (Phi) is 3.51. The van der Waals surface area contributed by atoms with Crippen LogP contribution in [0.3, 0.4) is 0 Å². The van der Waals surface area contributed by atoms with Gasteiger partial charge < -0.3 is 14.8 Å². The van der Waals surface area contributed by atoms with Gasteiger partial charge >= 0.3 is 5.97 Å². The molecule has 6 heteroatoms. The second-order valence-corrected chi connectivity index (χ2v) is 4.44. The molecule has 0 saturated carbocycles. The number of nitrogens with zero attached hydrogens (tertiary/aromatic N) is 1. The third kappa shape index (κ3) is 2.84. The Balaban J connectivity index is 1.77. The topological polar surface area (TPSA) is 77.5 Å². The van der Waals surface area contributed by atoms with E-state index >= 15 is 0 Å². The van der Waals surface area contributed by atoms with Crippen LogP contribution in [0.4, 0.5) is 5.69 Å². The fourth-order valence-electron chi connectivity index (χ4n) is 1.95. The largest absolute Gasteiger partial charge is 0.466 e. The van der Waals surface area contributed by atoms with Crippen molar-refractivity contribution in [3.05, 3.63) is 53.7 Å². The van der Waals surface area contributed by atoms with Crippen LogP contribution in [0.5, 0.6) is 5.88 Å². The molecule has 0 aliphatic carbocycles. The van der Waals surface area contributed by atoms with E-state index in [1.54, 1.807) is 0 Å². The number of carbonyl (C=O) groups is 2. The van der Waals surface area contributed by atoms with E-state index in [1.807, 2.05) is 30.3 Å². The van der Waals surface area contributed by atoms with Gasteiger partial charge in [0.25, 0.3) is 5.91 Å². The minimum Gasteiger partial charge on any atom is -0.466 e. The molecule has 0 saturated heterocycles. The molecular formula is C15H12N2O4. The standard InChI is InChI=1S/C15H12N2O4/c18-12-9-20-14-13(17-12)11(6-7-16-14)15(19)21-8-10-4-2-1-3-5-10/h1-7H,8-9H2,(H,17,18). The molecule has 0 bridgehead atoms. The summed E-state index contributed by atoms with van der Waals surface area (Å²) in [5, 5.41) is 2.58. The van der Waals surface area contributed by atoms with Gasteiger partial charge in [-0.2, -0.15) is 0 Å². The molecule has 0 atom stereocenters. The average Bonchev–Trinajstić information content (AvgIpc) is 2.53. The van der Waals surface area contributed by atoms with E-state index in [1.165, 1.54) is 12.3 Å². The highest BCUT2D eigenvalue weighted by Crippen LogP contribution is 2.29. The summed E-state index contributed by atoms with van der Waals surface area (Å²) in [5.41, 5.74) is 1.37. The summed E-state index contributed by atoms with van der Waals surface area (Å²) in [5.74, 6) is -0.639. The molecule has 1 amide bonds. The lowest BCUT2D eigenvalue weighted by atomic mass is 10.2. The van der Waals surface area contributed by atoms with E-state index in [0.29, 0.717) is 0 Å². The number of carbonyl (C=O) groups excluding carboxylic acids is 2. The van der Waals surface area contributed by atoms with Gasteiger partial charge in [0.1, 0.15) is 12.3 Å². The number of hydrogen-bond donors (Lipinski definition) is 1. The van der Waals surface area contributed by atoms with Gasteiger partial charge in [-0.05, 0) is 11.6 Å². The van der Waals surface area contributed by atoms with Crippen molar-refractivity contribution in [2.75, 3.05) is 11.9 Å². The number of aromatic nitrogens is 1. The SMILES string of the molecule is O=C1COc2nccc(C(=O)OCc3ccccc3)c2N1. The van der Waals surface area contributed by atoms with E-state index in [2.05, 4.69) is 10.3 Å². The zero-order chi connectivity index (χ0) is 14.7. The Labute approximate surface area is 120 Å². The first kappa shape index (κ1) is 13.1. The van der Waals surface area contributed by atoms with Gasteiger partial charge in [0.2, 0.25) is 5.88 Å². The second-order valence-electron chi connectivity index (χ2n) is 4.44. The number of ether oxygens (including phenoxy) is 2. The summed E-state index contributed by atoms with van der Waals surface area (Å²) >= 11 is 0. The van der Waals surface area contributed by atoms with Crippen molar-refractivity contribution in [3.63, 3.8) is 0 Å². The van der Waals surface area contributed by atoms with Crippen molar-refractivity contribution in [2.45, 2.75) is 6.61 Å². The number of amides is 1. The predicted octanol–water partition coefficient (Wildman–Crippen LogP) is 1.77. The molecule has 0 unspecified atom stereocenters. The molecule has 106 valence electrons. The fraction of sp³-hybridized carbons (Fsp3) is 0.133. The van der Waals surface area contributed by atoms with Crippen LogP contribution in [0.25, 0.3) is 0 Å². The third-order valence-corrected chi connectivity index (χ3v) is 2.95. The molecule has 6 nitrogen and oxygen atoms in total. The third-order valence-electron chi connectivity index (χ3n) is 2.95. The number of nitrogens with one attached hydrogen (secondary N) is 1.